The van der Waals surface area contributed by atoms with E-state index in [2.05, 4.69) is 9.88 Å². The lowest BCUT2D eigenvalue weighted by Gasteiger charge is -2.37. The number of hydrogen-bond donors (Lipinski definition) is 2. The van der Waals surface area contributed by atoms with Crippen molar-refractivity contribution in [1.29, 1.82) is 0 Å². The van der Waals surface area contributed by atoms with E-state index in [4.69, 9.17) is 5.73 Å². The Morgan fingerprint density at radius 2 is 2.00 bits per heavy atom. The Morgan fingerprint density at radius 1 is 1.32 bits per heavy atom. The molecule has 0 aliphatic rings. The van der Waals surface area contributed by atoms with Crippen molar-refractivity contribution in [2.75, 3.05) is 18.6 Å². The third kappa shape index (κ3) is 2.41. The van der Waals surface area contributed by atoms with Crippen molar-refractivity contribution in [3.8, 4) is 0 Å². The van der Waals surface area contributed by atoms with Crippen molar-refractivity contribution in [2.45, 2.75) is 25.9 Å². The van der Waals surface area contributed by atoms with E-state index in [1.807, 2.05) is 51.4 Å². The smallest absolute Gasteiger partial charge is 0.0723 e. The quantitative estimate of drug-likeness (QED) is 0.880. The Bertz CT molecular complexity index is 581. The summed E-state index contributed by atoms with van der Waals surface area (Å²) < 4.78 is 0. The minimum absolute atomic E-state index is 0.0736. The second-order valence-corrected chi connectivity index (χ2v) is 5.38. The molecule has 0 unspecified atom stereocenters. The lowest BCUT2D eigenvalue weighted by atomic mass is 10.0. The minimum Gasteiger partial charge on any atom is -0.394 e. The van der Waals surface area contributed by atoms with Crippen LogP contribution in [-0.2, 0) is 6.54 Å². The predicted octanol–water partition coefficient (Wildman–Crippen LogP) is 1.90. The molecule has 0 atom stereocenters. The summed E-state index contributed by atoms with van der Waals surface area (Å²) in [6, 6.07) is 7.99. The van der Waals surface area contributed by atoms with Crippen LogP contribution in [0.3, 0.4) is 0 Å². The molecule has 4 heteroatoms. The fraction of sp³-hybridized carbons (Fsp3) is 0.400. The van der Waals surface area contributed by atoms with Crippen LogP contribution in [0.1, 0.15) is 19.4 Å². The highest BCUT2D eigenvalue weighted by atomic mass is 16.3. The first-order valence-electron chi connectivity index (χ1n) is 6.42. The molecule has 102 valence electrons. The number of aromatic nitrogens is 1. The average molecular weight is 259 g/mol. The largest absolute Gasteiger partial charge is 0.394 e. The van der Waals surface area contributed by atoms with Crippen molar-refractivity contribution in [3.05, 3.63) is 36.0 Å². The van der Waals surface area contributed by atoms with Gasteiger partial charge in [-0.3, -0.25) is 4.98 Å². The van der Waals surface area contributed by atoms with E-state index >= 15 is 0 Å². The van der Waals surface area contributed by atoms with Gasteiger partial charge >= 0.3 is 0 Å². The monoisotopic (exact) mass is 259 g/mol. The Morgan fingerprint density at radius 3 is 2.63 bits per heavy atom. The highest BCUT2D eigenvalue weighted by Crippen LogP contribution is 2.32. The van der Waals surface area contributed by atoms with Crippen LogP contribution in [0.4, 0.5) is 5.69 Å². The van der Waals surface area contributed by atoms with Crippen LogP contribution >= 0.6 is 0 Å². The summed E-state index contributed by atoms with van der Waals surface area (Å²) in [6.07, 6.45) is 1.82. The van der Waals surface area contributed by atoms with Crippen molar-refractivity contribution >= 4 is 16.6 Å². The van der Waals surface area contributed by atoms with Crippen LogP contribution in [0.15, 0.2) is 30.5 Å². The molecule has 1 aromatic heterocycles. The van der Waals surface area contributed by atoms with E-state index in [9.17, 15) is 5.11 Å². The lowest BCUT2D eigenvalue weighted by molar-refractivity contribution is 0.216. The van der Waals surface area contributed by atoms with Gasteiger partial charge in [-0.25, -0.2) is 0 Å². The molecule has 0 saturated carbocycles. The normalized spacial score (nSPS) is 11.8. The number of aliphatic hydroxyl groups excluding tert-OH is 1. The number of benzene rings is 1. The van der Waals surface area contributed by atoms with Crippen LogP contribution in [-0.4, -0.2) is 29.3 Å². The summed E-state index contributed by atoms with van der Waals surface area (Å²) in [5, 5.41) is 10.6. The van der Waals surface area contributed by atoms with E-state index in [0.717, 1.165) is 22.2 Å². The number of hydrogen-bond acceptors (Lipinski definition) is 4. The highest BCUT2D eigenvalue weighted by Gasteiger charge is 2.25. The second kappa shape index (κ2) is 5.15. The van der Waals surface area contributed by atoms with Gasteiger partial charge in [-0.1, -0.05) is 18.2 Å². The molecule has 1 aromatic carbocycles. The van der Waals surface area contributed by atoms with E-state index in [0.29, 0.717) is 6.54 Å². The number of anilines is 1. The Labute approximate surface area is 113 Å². The van der Waals surface area contributed by atoms with Crippen LogP contribution in [0, 0.1) is 0 Å². The van der Waals surface area contributed by atoms with Gasteiger partial charge < -0.3 is 15.7 Å². The number of nitrogens with two attached hydrogens (primary N) is 1. The van der Waals surface area contributed by atoms with Crippen molar-refractivity contribution in [1.82, 2.24) is 4.98 Å². The molecule has 0 fully saturated rings. The molecule has 1 heterocycles. The van der Waals surface area contributed by atoms with Gasteiger partial charge in [0.15, 0.2) is 0 Å². The molecule has 0 amide bonds. The number of nitrogens with zero attached hydrogens (tertiary/aromatic N) is 2. The Hall–Kier alpha value is -1.65. The van der Waals surface area contributed by atoms with Crippen LogP contribution in [0.2, 0.25) is 0 Å². The van der Waals surface area contributed by atoms with Gasteiger partial charge in [-0.15, -0.1) is 0 Å². The molecule has 0 saturated heterocycles. The Kier molecular flexibility index (Phi) is 3.73. The summed E-state index contributed by atoms with van der Waals surface area (Å²) in [5.74, 6) is 0. The lowest BCUT2D eigenvalue weighted by Crippen LogP contribution is -2.45. The maximum absolute atomic E-state index is 9.57. The molecule has 0 bridgehead atoms. The topological polar surface area (TPSA) is 62.4 Å². The van der Waals surface area contributed by atoms with Crippen LogP contribution in [0.25, 0.3) is 10.9 Å². The van der Waals surface area contributed by atoms with Crippen molar-refractivity contribution < 1.29 is 5.11 Å². The number of pyridine rings is 1. The number of rotatable bonds is 4. The van der Waals surface area contributed by atoms with Gasteiger partial charge in [0.1, 0.15) is 0 Å². The highest BCUT2D eigenvalue weighted by molar-refractivity contribution is 5.93. The van der Waals surface area contributed by atoms with Gasteiger partial charge in [0.2, 0.25) is 0 Å². The van der Waals surface area contributed by atoms with E-state index < -0.39 is 0 Å². The van der Waals surface area contributed by atoms with Crippen molar-refractivity contribution in [3.63, 3.8) is 0 Å². The van der Waals surface area contributed by atoms with Gasteiger partial charge in [0.25, 0.3) is 0 Å². The van der Waals surface area contributed by atoms with Gasteiger partial charge in [0.05, 0.1) is 23.3 Å². The molecule has 2 rings (SSSR count). The summed E-state index contributed by atoms with van der Waals surface area (Å²) in [7, 11) is 1.98. The van der Waals surface area contributed by atoms with Crippen LogP contribution < -0.4 is 10.6 Å². The summed E-state index contributed by atoms with van der Waals surface area (Å²) in [6.45, 7) is 4.51. The Balaban J connectivity index is 2.69. The SMILES string of the molecule is CN(c1c(CN)cnc2ccccc12)C(C)(C)CO. The number of aliphatic hydroxyl groups is 1. The van der Waals surface area contributed by atoms with Gasteiger partial charge in [0, 0.05) is 30.7 Å². The van der Waals surface area contributed by atoms with Gasteiger partial charge in [-0.05, 0) is 19.9 Å². The molecule has 0 radical (unpaired) electrons. The minimum atomic E-state index is -0.353. The number of likely N-dealkylation sites (N-methyl/N-ethyl adjacent to an activating group) is 1. The number of fused-ring (bicyclic) bond motifs is 1. The molecule has 4 nitrogen and oxygen atoms in total. The van der Waals surface area contributed by atoms with Crippen molar-refractivity contribution in [2.24, 2.45) is 5.73 Å². The molecule has 3 N–H and O–H groups in total. The third-order valence-corrected chi connectivity index (χ3v) is 3.67. The van der Waals surface area contributed by atoms with E-state index in [1.54, 1.807) is 0 Å². The fourth-order valence-electron chi connectivity index (χ4n) is 2.12. The molecule has 2 aromatic rings. The third-order valence-electron chi connectivity index (χ3n) is 3.67. The first kappa shape index (κ1) is 13.8. The maximum atomic E-state index is 9.57. The fourth-order valence-corrected chi connectivity index (χ4v) is 2.12. The van der Waals surface area contributed by atoms with E-state index in [1.165, 1.54) is 0 Å². The molecule has 0 spiro atoms. The number of para-hydroxylation sites is 1. The predicted molar refractivity (Wildman–Crippen MR) is 79.2 cm³/mol. The van der Waals surface area contributed by atoms with E-state index in [-0.39, 0.29) is 12.1 Å². The maximum Gasteiger partial charge on any atom is 0.0723 e. The standard InChI is InChI=1S/C15H21N3O/c1-15(2,10-19)18(3)14-11(8-16)9-17-13-7-5-4-6-12(13)14/h4-7,9,19H,8,10,16H2,1-3H3. The first-order valence-corrected chi connectivity index (χ1v) is 6.42. The average Bonchev–Trinajstić information content (AvgIpc) is 2.45. The second-order valence-electron chi connectivity index (χ2n) is 5.38. The van der Waals surface area contributed by atoms with Crippen LogP contribution in [0.5, 0.6) is 0 Å². The molecule has 0 aliphatic heterocycles. The summed E-state index contributed by atoms with van der Waals surface area (Å²) >= 11 is 0. The summed E-state index contributed by atoms with van der Waals surface area (Å²) in [4.78, 5) is 6.52. The molecule has 19 heavy (non-hydrogen) atoms. The first-order chi connectivity index (χ1) is 9.01. The molecular formula is C15H21N3O. The zero-order chi connectivity index (χ0) is 14.0. The zero-order valence-electron chi connectivity index (χ0n) is 11.7. The van der Waals surface area contributed by atoms with Gasteiger partial charge in [-0.2, -0.15) is 0 Å². The molecule has 0 aliphatic carbocycles. The zero-order valence-corrected chi connectivity index (χ0v) is 11.7. The summed E-state index contributed by atoms with van der Waals surface area (Å²) in [5.41, 5.74) is 8.46. The molecular weight excluding hydrogens is 238 g/mol.